The van der Waals surface area contributed by atoms with Crippen LogP contribution in [0.1, 0.15) is 28.6 Å². The molecule has 1 aromatic heterocycles. The van der Waals surface area contributed by atoms with E-state index in [1.807, 2.05) is 6.07 Å². The second-order valence-electron chi connectivity index (χ2n) is 3.78. The van der Waals surface area contributed by atoms with Crippen molar-refractivity contribution in [3.05, 3.63) is 52.7 Å². The van der Waals surface area contributed by atoms with Gasteiger partial charge in [-0.2, -0.15) is 0 Å². The minimum absolute atomic E-state index is 0.145. The van der Waals surface area contributed by atoms with E-state index in [1.54, 1.807) is 30.0 Å². The molecule has 0 bridgehead atoms. The fourth-order valence-corrected chi connectivity index (χ4v) is 3.52. The van der Waals surface area contributed by atoms with Gasteiger partial charge in [-0.25, -0.2) is 4.39 Å². The molecule has 4 heteroatoms. The van der Waals surface area contributed by atoms with E-state index >= 15 is 0 Å². The van der Waals surface area contributed by atoms with E-state index in [0.29, 0.717) is 4.88 Å². The highest BCUT2D eigenvalue weighted by Crippen LogP contribution is 2.29. The van der Waals surface area contributed by atoms with E-state index in [2.05, 4.69) is 6.92 Å². The van der Waals surface area contributed by atoms with Crippen LogP contribution in [0, 0.1) is 5.82 Å². The summed E-state index contributed by atoms with van der Waals surface area (Å²) < 4.78 is 14.6. The molecule has 1 heterocycles. The molecule has 0 saturated carbocycles. The molecule has 0 spiro atoms. The third-order valence-electron chi connectivity index (χ3n) is 2.37. The second-order valence-corrected chi connectivity index (χ2v) is 6.26. The first-order valence-corrected chi connectivity index (χ1v) is 7.54. The predicted octanol–water partition coefficient (Wildman–Crippen LogP) is 4.62. The topological polar surface area (TPSA) is 17.1 Å². The number of rotatable bonds is 5. The molecule has 0 atom stereocenters. The summed E-state index contributed by atoms with van der Waals surface area (Å²) in [5.74, 6) is 0.341. The van der Waals surface area contributed by atoms with Crippen LogP contribution in [0.4, 0.5) is 4.39 Å². The Morgan fingerprint density at radius 3 is 2.78 bits per heavy atom. The average Bonchev–Trinajstić information content (AvgIpc) is 2.85. The summed E-state index contributed by atoms with van der Waals surface area (Å²) in [6.45, 7) is 2.12. The van der Waals surface area contributed by atoms with Crippen LogP contribution < -0.4 is 0 Å². The minimum Gasteiger partial charge on any atom is -0.288 e. The van der Waals surface area contributed by atoms with Crippen LogP contribution in [0.2, 0.25) is 0 Å². The molecule has 0 aliphatic heterocycles. The van der Waals surface area contributed by atoms with Gasteiger partial charge in [-0.1, -0.05) is 19.1 Å². The molecule has 0 unspecified atom stereocenters. The van der Waals surface area contributed by atoms with Crippen molar-refractivity contribution in [1.29, 1.82) is 0 Å². The number of hydrogen-bond donors (Lipinski definition) is 0. The predicted molar refractivity (Wildman–Crippen MR) is 75.2 cm³/mol. The quantitative estimate of drug-likeness (QED) is 0.587. The average molecular weight is 280 g/mol. The molecule has 2 rings (SSSR count). The molecule has 0 fully saturated rings. The van der Waals surface area contributed by atoms with Crippen molar-refractivity contribution in [2.24, 2.45) is 0 Å². The molecule has 94 valence electrons. The van der Waals surface area contributed by atoms with Gasteiger partial charge in [0.15, 0.2) is 0 Å². The van der Waals surface area contributed by atoms with Gasteiger partial charge < -0.3 is 0 Å². The zero-order valence-corrected chi connectivity index (χ0v) is 11.6. The fraction of sp³-hybridized carbons (Fsp3) is 0.214. The molecule has 0 saturated heterocycles. The Morgan fingerprint density at radius 1 is 1.28 bits per heavy atom. The number of thiophene rings is 1. The van der Waals surface area contributed by atoms with Crippen LogP contribution in [-0.4, -0.2) is 11.5 Å². The maximum Gasteiger partial charge on any atom is 0.205 e. The zero-order chi connectivity index (χ0) is 13.0. The van der Waals surface area contributed by atoms with Crippen molar-refractivity contribution in [2.45, 2.75) is 17.6 Å². The number of hydrogen-bond acceptors (Lipinski definition) is 3. The van der Waals surface area contributed by atoms with Crippen molar-refractivity contribution in [3.63, 3.8) is 0 Å². The number of carbonyl (C=O) groups excluding carboxylic acids is 1. The molecular weight excluding hydrogens is 267 g/mol. The summed E-state index contributed by atoms with van der Waals surface area (Å²) in [7, 11) is 0. The van der Waals surface area contributed by atoms with Gasteiger partial charge >= 0.3 is 0 Å². The molecule has 0 amide bonds. The third kappa shape index (κ3) is 3.00. The Balaban J connectivity index is 2.19. The van der Waals surface area contributed by atoms with Gasteiger partial charge in [0.2, 0.25) is 5.78 Å². The van der Waals surface area contributed by atoms with Crippen molar-refractivity contribution in [1.82, 2.24) is 0 Å². The summed E-state index contributed by atoms with van der Waals surface area (Å²) in [6.07, 6.45) is 1.10. The normalized spacial score (nSPS) is 10.6. The first kappa shape index (κ1) is 13.3. The molecule has 0 aliphatic carbocycles. The van der Waals surface area contributed by atoms with Gasteiger partial charge in [0.05, 0.1) is 14.6 Å². The highest BCUT2D eigenvalue weighted by atomic mass is 32.2. The van der Waals surface area contributed by atoms with Gasteiger partial charge in [-0.05, 0) is 36.4 Å². The number of ketones is 1. The number of benzene rings is 1. The van der Waals surface area contributed by atoms with E-state index in [1.165, 1.54) is 23.5 Å². The molecule has 1 nitrogen and oxygen atoms in total. The van der Waals surface area contributed by atoms with E-state index in [4.69, 9.17) is 0 Å². The minimum atomic E-state index is -0.460. The molecule has 0 N–H and O–H groups in total. The molecule has 0 aliphatic rings. The smallest absolute Gasteiger partial charge is 0.205 e. The Kier molecular flexibility index (Phi) is 4.55. The van der Waals surface area contributed by atoms with Gasteiger partial charge in [0, 0.05) is 0 Å². The van der Waals surface area contributed by atoms with Crippen LogP contribution in [0.5, 0.6) is 0 Å². The highest BCUT2D eigenvalue weighted by Gasteiger charge is 2.15. The molecule has 18 heavy (non-hydrogen) atoms. The van der Waals surface area contributed by atoms with Gasteiger partial charge in [0.25, 0.3) is 0 Å². The van der Waals surface area contributed by atoms with Crippen LogP contribution in [0.15, 0.2) is 40.6 Å². The van der Waals surface area contributed by atoms with E-state index < -0.39 is 5.82 Å². The Morgan fingerprint density at radius 2 is 2.06 bits per heavy atom. The number of halogens is 1. The van der Waals surface area contributed by atoms with Gasteiger partial charge in [0.1, 0.15) is 5.82 Å². The van der Waals surface area contributed by atoms with Crippen LogP contribution in [0.3, 0.4) is 0 Å². The molecule has 0 radical (unpaired) electrons. The largest absolute Gasteiger partial charge is 0.288 e. The number of thioether (sulfide) groups is 1. The van der Waals surface area contributed by atoms with Crippen molar-refractivity contribution in [2.75, 3.05) is 5.75 Å². The van der Waals surface area contributed by atoms with E-state index in [-0.39, 0.29) is 11.3 Å². The molecule has 2 aromatic rings. The second kappa shape index (κ2) is 6.16. The summed E-state index contributed by atoms with van der Waals surface area (Å²) in [6, 6.07) is 9.81. The first-order valence-electron chi connectivity index (χ1n) is 5.74. The maximum atomic E-state index is 13.5. The van der Waals surface area contributed by atoms with Crippen molar-refractivity contribution in [3.8, 4) is 0 Å². The van der Waals surface area contributed by atoms with Crippen LogP contribution >= 0.6 is 23.1 Å². The monoisotopic (exact) mass is 280 g/mol. The van der Waals surface area contributed by atoms with Crippen molar-refractivity contribution >= 4 is 28.9 Å². The summed E-state index contributed by atoms with van der Waals surface area (Å²) in [4.78, 5) is 12.7. The lowest BCUT2D eigenvalue weighted by Crippen LogP contribution is -2.01. The summed E-state index contributed by atoms with van der Waals surface area (Å²) >= 11 is 3.16. The van der Waals surface area contributed by atoms with Crippen LogP contribution in [-0.2, 0) is 0 Å². The Bertz CT molecular complexity index is 548. The first-order chi connectivity index (χ1) is 8.72. The Labute approximate surface area is 114 Å². The maximum absolute atomic E-state index is 13.5. The molecular formula is C14H13FOS2. The Hall–Kier alpha value is -1.13. The molecule has 1 aromatic carbocycles. The third-order valence-corrected chi connectivity index (χ3v) is 4.89. The van der Waals surface area contributed by atoms with Gasteiger partial charge in [-0.3, -0.25) is 4.79 Å². The lowest BCUT2D eigenvalue weighted by atomic mass is 10.1. The summed E-state index contributed by atoms with van der Waals surface area (Å²) in [5.41, 5.74) is 0.145. The lowest BCUT2D eigenvalue weighted by molar-refractivity contribution is 0.103. The van der Waals surface area contributed by atoms with Crippen LogP contribution in [0.25, 0.3) is 0 Å². The standard InChI is InChI=1S/C14H13FOS2/c1-2-9-17-13-8-7-12(18-13)14(16)10-5-3-4-6-11(10)15/h3-8H,2,9H2,1H3. The summed E-state index contributed by atoms with van der Waals surface area (Å²) in [5, 5.41) is 0. The van der Waals surface area contributed by atoms with E-state index in [0.717, 1.165) is 16.4 Å². The van der Waals surface area contributed by atoms with Crippen molar-refractivity contribution < 1.29 is 9.18 Å². The van der Waals surface area contributed by atoms with Gasteiger partial charge in [-0.15, -0.1) is 23.1 Å². The van der Waals surface area contributed by atoms with E-state index in [9.17, 15) is 9.18 Å². The SMILES string of the molecule is CCCSc1ccc(C(=O)c2ccccc2F)s1. The fourth-order valence-electron chi connectivity index (χ4n) is 1.50. The zero-order valence-electron chi connectivity index (χ0n) is 9.98. The highest BCUT2D eigenvalue weighted by molar-refractivity contribution is 8.01. The number of carbonyl (C=O) groups is 1. The lowest BCUT2D eigenvalue weighted by Gasteiger charge is -1.99.